The number of nitrogens with one attached hydrogen (secondary N) is 2. The average Bonchev–Trinajstić information content (AvgIpc) is 2.87. The van der Waals surface area contributed by atoms with Gasteiger partial charge in [-0.3, -0.25) is 0 Å². The first-order valence-corrected chi connectivity index (χ1v) is 8.60. The Morgan fingerprint density at radius 2 is 1.63 bits per heavy atom. The quantitative estimate of drug-likeness (QED) is 0.510. The zero-order chi connectivity index (χ0) is 19.6. The number of hydrogen-bond donors (Lipinski definition) is 4. The van der Waals surface area contributed by atoms with E-state index in [4.69, 9.17) is 5.11 Å². The maximum Gasteiger partial charge on any atom is 0.404 e. The van der Waals surface area contributed by atoms with E-state index >= 15 is 0 Å². The van der Waals surface area contributed by atoms with E-state index in [1.54, 1.807) is 19.1 Å². The summed E-state index contributed by atoms with van der Waals surface area (Å²) in [4.78, 5) is 10.6. The number of amides is 1. The summed E-state index contributed by atoms with van der Waals surface area (Å²) in [5.41, 5.74) is 1.41. The third-order valence-corrected chi connectivity index (χ3v) is 4.38. The molecule has 0 saturated heterocycles. The minimum atomic E-state index is -1.10. The molecule has 0 radical (unpaired) electrons. The Labute approximate surface area is 154 Å². The van der Waals surface area contributed by atoms with Gasteiger partial charge in [-0.15, -0.1) is 0 Å². The minimum absolute atomic E-state index is 0.227. The molecular weight excluding hydrogens is 356 g/mol. The smallest absolute Gasteiger partial charge is 0.404 e. The first-order valence-electron chi connectivity index (χ1n) is 8.60. The van der Waals surface area contributed by atoms with E-state index in [1.165, 1.54) is 24.3 Å². The Hall–Kier alpha value is -2.71. The number of halogens is 2. The van der Waals surface area contributed by atoms with E-state index in [9.17, 15) is 18.7 Å². The van der Waals surface area contributed by atoms with Gasteiger partial charge in [0.1, 0.15) is 11.6 Å². The second kappa shape index (κ2) is 7.89. The van der Waals surface area contributed by atoms with Crippen LogP contribution in [0, 0.1) is 11.6 Å². The van der Waals surface area contributed by atoms with Gasteiger partial charge in [0.25, 0.3) is 0 Å². The molecule has 1 aromatic heterocycles. The lowest BCUT2D eigenvalue weighted by atomic mass is 10.1. The Morgan fingerprint density at radius 1 is 1.07 bits per heavy atom. The van der Waals surface area contributed by atoms with Gasteiger partial charge in [-0.05, 0) is 43.3 Å². The molecule has 2 atom stereocenters. The molecule has 1 heterocycles. The van der Waals surface area contributed by atoms with E-state index in [0.29, 0.717) is 28.4 Å². The fourth-order valence-corrected chi connectivity index (χ4v) is 3.25. The normalized spacial score (nSPS) is 13.8. The fraction of sp³-hybridized carbons (Fsp3) is 0.316. The van der Waals surface area contributed by atoms with E-state index in [0.717, 1.165) is 0 Å². The highest BCUT2D eigenvalue weighted by atomic mass is 19.1. The molecule has 0 spiro atoms. The van der Waals surface area contributed by atoms with Gasteiger partial charge < -0.3 is 25.4 Å². The van der Waals surface area contributed by atoms with Crippen molar-refractivity contribution in [2.75, 3.05) is 13.1 Å². The molecule has 0 aliphatic heterocycles. The second-order valence-corrected chi connectivity index (χ2v) is 6.60. The number of hydrogen-bond acceptors (Lipinski definition) is 3. The average molecular weight is 377 g/mol. The van der Waals surface area contributed by atoms with Crippen LogP contribution in [0.15, 0.2) is 36.4 Å². The van der Waals surface area contributed by atoms with Crippen LogP contribution in [0.3, 0.4) is 0 Å². The lowest BCUT2D eigenvalue weighted by Crippen LogP contribution is -2.41. The molecular formula is C19H21F2N3O3. The van der Waals surface area contributed by atoms with Gasteiger partial charge in [-0.2, -0.15) is 0 Å². The van der Waals surface area contributed by atoms with Crippen molar-refractivity contribution in [1.29, 1.82) is 0 Å². The van der Waals surface area contributed by atoms with Gasteiger partial charge in [0.05, 0.1) is 12.6 Å². The fourth-order valence-electron chi connectivity index (χ4n) is 3.25. The van der Waals surface area contributed by atoms with Crippen LogP contribution >= 0.6 is 0 Å². The van der Waals surface area contributed by atoms with E-state index in [-0.39, 0.29) is 19.1 Å². The third-order valence-electron chi connectivity index (χ3n) is 4.38. The van der Waals surface area contributed by atoms with Crippen LogP contribution in [0.25, 0.3) is 21.8 Å². The van der Waals surface area contributed by atoms with Crippen LogP contribution in [0.2, 0.25) is 0 Å². The number of carbonyl (C=O) groups is 1. The van der Waals surface area contributed by atoms with Crippen LogP contribution in [0.1, 0.15) is 6.92 Å². The Balaban J connectivity index is 1.78. The predicted molar refractivity (Wildman–Crippen MR) is 98.9 cm³/mol. The zero-order valence-corrected chi connectivity index (χ0v) is 14.7. The summed E-state index contributed by atoms with van der Waals surface area (Å²) in [5.74, 6) is -0.819. The molecule has 3 rings (SSSR count). The minimum Gasteiger partial charge on any atom is -0.465 e. The monoisotopic (exact) mass is 377 g/mol. The van der Waals surface area contributed by atoms with Crippen LogP contribution in [-0.2, 0) is 6.54 Å². The molecule has 0 saturated carbocycles. The van der Waals surface area contributed by atoms with E-state index in [1.807, 2.05) is 4.57 Å². The van der Waals surface area contributed by atoms with Crippen LogP contribution < -0.4 is 10.6 Å². The molecule has 0 aliphatic carbocycles. The molecule has 1 amide bonds. The van der Waals surface area contributed by atoms with Gasteiger partial charge in [-0.1, -0.05) is 0 Å². The van der Waals surface area contributed by atoms with Crippen LogP contribution in [0.5, 0.6) is 0 Å². The largest absolute Gasteiger partial charge is 0.465 e. The molecule has 0 fully saturated rings. The molecule has 3 aromatic rings. The molecule has 0 aliphatic rings. The molecule has 0 bridgehead atoms. The highest BCUT2D eigenvalue weighted by Crippen LogP contribution is 2.30. The number of carboxylic acid groups (broad SMARTS) is 1. The van der Waals surface area contributed by atoms with Crippen molar-refractivity contribution in [3.8, 4) is 0 Å². The van der Waals surface area contributed by atoms with Crippen molar-refractivity contribution in [3.63, 3.8) is 0 Å². The van der Waals surface area contributed by atoms with Crippen molar-refractivity contribution < 1.29 is 23.8 Å². The standard InChI is InChI=1S/C19H21F2N3O3/c1-11(23-19(26)27)8-22-9-14(25)10-24-17-4-2-12(20)6-15(17)16-7-13(21)3-5-18(16)24/h2-7,11,14,22-23,25H,8-10H2,1H3,(H,26,27). The summed E-state index contributed by atoms with van der Waals surface area (Å²) in [7, 11) is 0. The topological polar surface area (TPSA) is 86.5 Å². The molecule has 144 valence electrons. The Bertz CT molecular complexity index is 914. The number of aliphatic hydroxyl groups excluding tert-OH is 1. The van der Waals surface area contributed by atoms with Gasteiger partial charge in [-0.25, -0.2) is 13.6 Å². The van der Waals surface area contributed by atoms with Gasteiger partial charge in [0.2, 0.25) is 0 Å². The van der Waals surface area contributed by atoms with Crippen LogP contribution in [0.4, 0.5) is 13.6 Å². The highest BCUT2D eigenvalue weighted by molar-refractivity contribution is 6.08. The van der Waals surface area contributed by atoms with Crippen molar-refractivity contribution in [2.24, 2.45) is 0 Å². The first kappa shape index (κ1) is 19.1. The molecule has 2 unspecified atom stereocenters. The maximum absolute atomic E-state index is 13.7. The number of rotatable bonds is 7. The molecule has 27 heavy (non-hydrogen) atoms. The number of fused-ring (bicyclic) bond motifs is 3. The summed E-state index contributed by atoms with van der Waals surface area (Å²) in [6, 6.07) is 8.31. The van der Waals surface area contributed by atoms with Gasteiger partial charge >= 0.3 is 6.09 Å². The van der Waals surface area contributed by atoms with E-state index in [2.05, 4.69) is 10.6 Å². The maximum atomic E-state index is 13.7. The molecule has 6 nitrogen and oxygen atoms in total. The molecule has 2 aromatic carbocycles. The molecule has 4 N–H and O–H groups in total. The molecule has 8 heteroatoms. The summed E-state index contributed by atoms with van der Waals surface area (Å²) in [6.45, 7) is 2.55. The highest BCUT2D eigenvalue weighted by Gasteiger charge is 2.15. The van der Waals surface area contributed by atoms with E-state index < -0.39 is 23.8 Å². The predicted octanol–water partition coefficient (Wildman–Crippen LogP) is 2.68. The summed E-state index contributed by atoms with van der Waals surface area (Å²) in [6.07, 6.45) is -1.87. The third kappa shape index (κ3) is 4.35. The SMILES string of the molecule is CC(CNCC(O)Cn1c2ccc(F)cc2c2cc(F)ccc21)NC(=O)O. The van der Waals surface area contributed by atoms with Gasteiger partial charge in [0.15, 0.2) is 0 Å². The summed E-state index contributed by atoms with van der Waals surface area (Å²) >= 11 is 0. The van der Waals surface area contributed by atoms with Gasteiger partial charge in [0, 0.05) is 40.9 Å². The van der Waals surface area contributed by atoms with Crippen molar-refractivity contribution >= 4 is 27.9 Å². The Morgan fingerprint density at radius 3 is 2.15 bits per heavy atom. The zero-order valence-electron chi connectivity index (χ0n) is 14.7. The lowest BCUT2D eigenvalue weighted by molar-refractivity contribution is 0.153. The number of nitrogens with zero attached hydrogens (tertiary/aromatic N) is 1. The van der Waals surface area contributed by atoms with Crippen molar-refractivity contribution in [2.45, 2.75) is 25.6 Å². The number of aromatic nitrogens is 1. The second-order valence-electron chi connectivity index (χ2n) is 6.60. The van der Waals surface area contributed by atoms with Crippen molar-refractivity contribution in [3.05, 3.63) is 48.0 Å². The number of aliphatic hydroxyl groups is 1. The van der Waals surface area contributed by atoms with Crippen LogP contribution in [-0.4, -0.2) is 46.1 Å². The summed E-state index contributed by atoms with van der Waals surface area (Å²) < 4.78 is 29.1. The van der Waals surface area contributed by atoms with Crippen molar-refractivity contribution in [1.82, 2.24) is 15.2 Å². The number of benzene rings is 2. The first-order chi connectivity index (χ1) is 12.8. The lowest BCUT2D eigenvalue weighted by Gasteiger charge is -2.17. The Kier molecular flexibility index (Phi) is 5.57. The summed E-state index contributed by atoms with van der Waals surface area (Å²) in [5, 5.41) is 25.5.